The molecule has 0 atom stereocenters. The van der Waals surface area contributed by atoms with Crippen molar-refractivity contribution in [2.45, 2.75) is 38.3 Å². The van der Waals surface area contributed by atoms with E-state index in [2.05, 4.69) is 20.5 Å². The summed E-state index contributed by atoms with van der Waals surface area (Å²) < 4.78 is 1.54. The molecular weight excluding hydrogens is 296 g/mol. The van der Waals surface area contributed by atoms with Crippen molar-refractivity contribution < 1.29 is 9.90 Å². The van der Waals surface area contributed by atoms with Crippen LogP contribution in [0.5, 0.6) is 0 Å². The molecule has 1 amide bonds. The molecule has 1 aliphatic rings. The van der Waals surface area contributed by atoms with E-state index in [0.29, 0.717) is 44.6 Å². The van der Waals surface area contributed by atoms with Gasteiger partial charge < -0.3 is 10.0 Å². The van der Waals surface area contributed by atoms with Crippen molar-refractivity contribution in [3.63, 3.8) is 0 Å². The molecular formula is C15H20N6O2. The second-order valence-corrected chi connectivity index (χ2v) is 5.96. The molecule has 1 aliphatic heterocycles. The van der Waals surface area contributed by atoms with Gasteiger partial charge in [-0.1, -0.05) is 6.07 Å². The Morgan fingerprint density at radius 3 is 2.74 bits per heavy atom. The molecule has 0 aromatic carbocycles. The standard InChI is InChI=1S/C15H20N6O2/c1-12-2-3-13(16-10-12)15(23)5-8-20(9-6-15)14(22)4-7-21-11-17-18-19-21/h2-3,10-11,23H,4-9H2,1H3. The number of piperidine rings is 1. The Hall–Kier alpha value is -2.35. The van der Waals surface area contributed by atoms with Gasteiger partial charge in [0.05, 0.1) is 12.2 Å². The first-order valence-corrected chi connectivity index (χ1v) is 7.71. The summed E-state index contributed by atoms with van der Waals surface area (Å²) in [7, 11) is 0. The Balaban J connectivity index is 1.55. The molecule has 2 aromatic rings. The van der Waals surface area contributed by atoms with E-state index < -0.39 is 5.60 Å². The topological polar surface area (TPSA) is 97.0 Å². The molecule has 2 aromatic heterocycles. The van der Waals surface area contributed by atoms with Gasteiger partial charge in [-0.25, -0.2) is 4.68 Å². The predicted octanol–water partition coefficient (Wildman–Crippen LogP) is 0.277. The van der Waals surface area contributed by atoms with E-state index in [1.54, 1.807) is 11.1 Å². The van der Waals surface area contributed by atoms with Gasteiger partial charge in [-0.15, -0.1) is 5.10 Å². The van der Waals surface area contributed by atoms with E-state index in [-0.39, 0.29) is 5.91 Å². The number of pyridine rings is 1. The van der Waals surface area contributed by atoms with Crippen LogP contribution in [0.1, 0.15) is 30.5 Å². The van der Waals surface area contributed by atoms with Crippen LogP contribution >= 0.6 is 0 Å². The predicted molar refractivity (Wildman–Crippen MR) is 81.1 cm³/mol. The third-order valence-electron chi connectivity index (χ3n) is 4.28. The Morgan fingerprint density at radius 2 is 2.13 bits per heavy atom. The van der Waals surface area contributed by atoms with E-state index in [9.17, 15) is 9.90 Å². The van der Waals surface area contributed by atoms with Gasteiger partial charge in [0.25, 0.3) is 0 Å². The maximum Gasteiger partial charge on any atom is 0.224 e. The number of tetrazole rings is 1. The monoisotopic (exact) mass is 316 g/mol. The highest BCUT2D eigenvalue weighted by atomic mass is 16.3. The van der Waals surface area contributed by atoms with E-state index in [1.165, 1.54) is 11.0 Å². The number of amides is 1. The van der Waals surface area contributed by atoms with Crippen LogP contribution < -0.4 is 0 Å². The smallest absolute Gasteiger partial charge is 0.224 e. The highest BCUT2D eigenvalue weighted by molar-refractivity contribution is 5.76. The largest absolute Gasteiger partial charge is 0.383 e. The SMILES string of the molecule is Cc1ccc(C2(O)CCN(C(=O)CCn3cnnn3)CC2)nc1. The minimum absolute atomic E-state index is 0.0550. The van der Waals surface area contributed by atoms with Crippen molar-refractivity contribution in [3.8, 4) is 0 Å². The van der Waals surface area contributed by atoms with Crippen LogP contribution in [0.15, 0.2) is 24.7 Å². The number of aromatic nitrogens is 5. The van der Waals surface area contributed by atoms with Crippen LogP contribution in [0.3, 0.4) is 0 Å². The molecule has 0 bridgehead atoms. The van der Waals surface area contributed by atoms with Crippen LogP contribution in [-0.2, 0) is 16.9 Å². The summed E-state index contributed by atoms with van der Waals surface area (Å²) in [6.45, 7) is 3.49. The van der Waals surface area contributed by atoms with Gasteiger partial charge >= 0.3 is 0 Å². The Bertz CT molecular complexity index is 647. The number of hydrogen-bond donors (Lipinski definition) is 1. The first kappa shape index (κ1) is 15.5. The van der Waals surface area contributed by atoms with E-state index in [1.807, 2.05) is 19.1 Å². The van der Waals surface area contributed by atoms with Gasteiger partial charge in [0.2, 0.25) is 5.91 Å². The average molecular weight is 316 g/mol. The fraction of sp³-hybridized carbons (Fsp3) is 0.533. The molecule has 0 aliphatic carbocycles. The van der Waals surface area contributed by atoms with Gasteiger partial charge in [-0.05, 0) is 41.8 Å². The molecule has 0 saturated carbocycles. The second-order valence-electron chi connectivity index (χ2n) is 5.96. The summed E-state index contributed by atoms with van der Waals surface area (Å²) >= 11 is 0. The van der Waals surface area contributed by atoms with E-state index >= 15 is 0 Å². The highest BCUT2D eigenvalue weighted by Gasteiger charge is 2.36. The molecule has 1 saturated heterocycles. The fourth-order valence-electron chi connectivity index (χ4n) is 2.78. The zero-order valence-corrected chi connectivity index (χ0v) is 13.1. The molecule has 0 unspecified atom stereocenters. The van der Waals surface area contributed by atoms with Gasteiger partial charge in [0, 0.05) is 25.7 Å². The van der Waals surface area contributed by atoms with Crippen LogP contribution in [0.4, 0.5) is 0 Å². The summed E-state index contributed by atoms with van der Waals surface area (Å²) in [4.78, 5) is 18.4. The molecule has 3 heterocycles. The molecule has 1 N–H and O–H groups in total. The molecule has 23 heavy (non-hydrogen) atoms. The van der Waals surface area contributed by atoms with Gasteiger partial charge in [0.1, 0.15) is 11.9 Å². The summed E-state index contributed by atoms with van der Waals surface area (Å²) in [5.74, 6) is 0.0550. The molecule has 0 spiro atoms. The molecule has 3 rings (SSSR count). The third-order valence-corrected chi connectivity index (χ3v) is 4.28. The van der Waals surface area contributed by atoms with Crippen LogP contribution in [-0.4, -0.2) is 54.2 Å². The lowest BCUT2D eigenvalue weighted by molar-refractivity contribution is -0.136. The van der Waals surface area contributed by atoms with Gasteiger partial charge in [0.15, 0.2) is 0 Å². The van der Waals surface area contributed by atoms with Gasteiger partial charge in [-0.3, -0.25) is 9.78 Å². The van der Waals surface area contributed by atoms with Crippen molar-refractivity contribution in [2.75, 3.05) is 13.1 Å². The molecule has 0 radical (unpaired) electrons. The van der Waals surface area contributed by atoms with E-state index in [0.717, 1.165) is 5.56 Å². The summed E-state index contributed by atoms with van der Waals surface area (Å²) in [6.07, 6.45) is 4.61. The second kappa shape index (κ2) is 6.41. The van der Waals surface area contributed by atoms with E-state index in [4.69, 9.17) is 0 Å². The Morgan fingerprint density at radius 1 is 1.35 bits per heavy atom. The zero-order chi connectivity index (χ0) is 16.3. The maximum absolute atomic E-state index is 12.2. The number of carbonyl (C=O) groups excluding carboxylic acids is 1. The van der Waals surface area contributed by atoms with Crippen molar-refractivity contribution in [1.29, 1.82) is 0 Å². The number of aryl methyl sites for hydroxylation is 2. The fourth-order valence-corrected chi connectivity index (χ4v) is 2.78. The minimum Gasteiger partial charge on any atom is -0.383 e. The first-order chi connectivity index (χ1) is 11.1. The quantitative estimate of drug-likeness (QED) is 0.870. The summed E-state index contributed by atoms with van der Waals surface area (Å²) in [6, 6.07) is 3.81. The lowest BCUT2D eigenvalue weighted by Crippen LogP contribution is -2.45. The Kier molecular flexibility index (Phi) is 4.33. The average Bonchev–Trinajstić information content (AvgIpc) is 3.07. The minimum atomic E-state index is -0.944. The number of carbonyl (C=O) groups is 1. The van der Waals surface area contributed by atoms with Crippen molar-refractivity contribution in [2.24, 2.45) is 0 Å². The Labute approximate surface area is 134 Å². The van der Waals surface area contributed by atoms with Crippen LogP contribution in [0.2, 0.25) is 0 Å². The molecule has 1 fully saturated rings. The van der Waals surface area contributed by atoms with Crippen LogP contribution in [0, 0.1) is 6.92 Å². The normalized spacial score (nSPS) is 17.2. The molecule has 122 valence electrons. The van der Waals surface area contributed by atoms with Crippen molar-refractivity contribution >= 4 is 5.91 Å². The van der Waals surface area contributed by atoms with Crippen LogP contribution in [0.25, 0.3) is 0 Å². The maximum atomic E-state index is 12.2. The third kappa shape index (κ3) is 3.53. The number of hydrogen-bond acceptors (Lipinski definition) is 6. The number of nitrogens with zero attached hydrogens (tertiary/aromatic N) is 6. The van der Waals surface area contributed by atoms with Crippen molar-refractivity contribution in [1.82, 2.24) is 30.1 Å². The molecule has 8 heteroatoms. The number of rotatable bonds is 4. The van der Waals surface area contributed by atoms with Crippen molar-refractivity contribution in [3.05, 3.63) is 35.9 Å². The lowest BCUT2D eigenvalue weighted by Gasteiger charge is -2.37. The number of aliphatic hydroxyl groups is 1. The molecule has 8 nitrogen and oxygen atoms in total. The van der Waals surface area contributed by atoms with Gasteiger partial charge in [-0.2, -0.15) is 0 Å². The number of likely N-dealkylation sites (tertiary alicyclic amines) is 1. The summed E-state index contributed by atoms with van der Waals surface area (Å²) in [5, 5.41) is 21.6. The first-order valence-electron chi connectivity index (χ1n) is 7.71. The lowest BCUT2D eigenvalue weighted by atomic mass is 9.87. The highest BCUT2D eigenvalue weighted by Crippen LogP contribution is 2.31. The zero-order valence-electron chi connectivity index (χ0n) is 13.1. The summed E-state index contributed by atoms with van der Waals surface area (Å²) in [5.41, 5.74) is 0.803.